The summed E-state index contributed by atoms with van der Waals surface area (Å²) in [6.45, 7) is 3.33. The van der Waals surface area contributed by atoms with Crippen LogP contribution in [0.1, 0.15) is 23.6 Å². The maximum Gasteiger partial charge on any atom is 0.416 e. The van der Waals surface area contributed by atoms with E-state index >= 15 is 0 Å². The topological polar surface area (TPSA) is 46.2 Å². The van der Waals surface area contributed by atoms with Crippen LogP contribution in [0.15, 0.2) is 24.8 Å². The van der Waals surface area contributed by atoms with Gasteiger partial charge in [0, 0.05) is 11.6 Å². The fourth-order valence-corrected chi connectivity index (χ4v) is 1.50. The zero-order valence-corrected chi connectivity index (χ0v) is 8.76. The molecular formula is C11H11F4NO. The Kier molecular flexibility index (Phi) is 3.77. The minimum Gasteiger partial charge on any atom is -0.505 e. The maximum absolute atomic E-state index is 13.0. The van der Waals surface area contributed by atoms with E-state index in [1.807, 2.05) is 0 Å². The summed E-state index contributed by atoms with van der Waals surface area (Å²) in [4.78, 5) is 0. The van der Waals surface area contributed by atoms with Crippen LogP contribution in [-0.2, 0) is 6.18 Å². The van der Waals surface area contributed by atoms with Gasteiger partial charge < -0.3 is 10.8 Å². The van der Waals surface area contributed by atoms with Gasteiger partial charge in [-0.1, -0.05) is 6.08 Å². The van der Waals surface area contributed by atoms with E-state index in [2.05, 4.69) is 6.58 Å². The highest BCUT2D eigenvalue weighted by Crippen LogP contribution is 2.40. The quantitative estimate of drug-likeness (QED) is 0.638. The van der Waals surface area contributed by atoms with Gasteiger partial charge >= 0.3 is 6.18 Å². The van der Waals surface area contributed by atoms with Crippen molar-refractivity contribution in [2.24, 2.45) is 5.73 Å². The van der Waals surface area contributed by atoms with Gasteiger partial charge in [-0.25, -0.2) is 4.39 Å². The number of nitrogens with two attached hydrogens (primary N) is 1. The van der Waals surface area contributed by atoms with Crippen LogP contribution in [0.2, 0.25) is 0 Å². The number of hydrogen-bond donors (Lipinski definition) is 2. The molecule has 0 spiro atoms. The van der Waals surface area contributed by atoms with Crippen LogP contribution in [0.4, 0.5) is 17.6 Å². The molecule has 6 heteroatoms. The Labute approximate surface area is 95.4 Å². The van der Waals surface area contributed by atoms with Gasteiger partial charge in [-0.2, -0.15) is 13.2 Å². The van der Waals surface area contributed by atoms with E-state index in [0.717, 1.165) is 0 Å². The van der Waals surface area contributed by atoms with E-state index in [1.54, 1.807) is 0 Å². The Morgan fingerprint density at radius 1 is 1.41 bits per heavy atom. The van der Waals surface area contributed by atoms with Crippen molar-refractivity contribution in [2.75, 3.05) is 0 Å². The molecule has 2 nitrogen and oxygen atoms in total. The van der Waals surface area contributed by atoms with E-state index in [-0.39, 0.29) is 6.42 Å². The molecule has 0 saturated carbocycles. The minimum atomic E-state index is -4.70. The summed E-state index contributed by atoms with van der Waals surface area (Å²) in [5.74, 6) is -2.19. The predicted molar refractivity (Wildman–Crippen MR) is 54.8 cm³/mol. The fourth-order valence-electron chi connectivity index (χ4n) is 1.50. The summed E-state index contributed by atoms with van der Waals surface area (Å²) >= 11 is 0. The van der Waals surface area contributed by atoms with Gasteiger partial charge in [0.1, 0.15) is 0 Å². The van der Waals surface area contributed by atoms with Crippen LogP contribution in [0.3, 0.4) is 0 Å². The molecule has 1 aromatic rings. The molecule has 0 aliphatic rings. The number of phenols is 1. The first kappa shape index (κ1) is 13.5. The number of benzene rings is 1. The lowest BCUT2D eigenvalue weighted by Crippen LogP contribution is -2.17. The summed E-state index contributed by atoms with van der Waals surface area (Å²) in [7, 11) is 0. The highest BCUT2D eigenvalue weighted by atomic mass is 19.4. The Morgan fingerprint density at radius 3 is 2.47 bits per heavy atom. The van der Waals surface area contributed by atoms with Crippen LogP contribution in [0.25, 0.3) is 0 Å². The molecule has 0 amide bonds. The van der Waals surface area contributed by atoms with Crippen LogP contribution in [0.5, 0.6) is 5.75 Å². The normalized spacial score (nSPS) is 13.5. The van der Waals surface area contributed by atoms with Gasteiger partial charge in [-0.15, -0.1) is 6.58 Å². The minimum absolute atomic E-state index is 0.0000926. The van der Waals surface area contributed by atoms with Crippen molar-refractivity contribution in [1.29, 1.82) is 0 Å². The van der Waals surface area contributed by atoms with E-state index < -0.39 is 34.9 Å². The Balaban J connectivity index is 3.41. The summed E-state index contributed by atoms with van der Waals surface area (Å²) in [5.41, 5.74) is 3.70. The first-order chi connectivity index (χ1) is 7.79. The van der Waals surface area contributed by atoms with Crippen LogP contribution in [-0.4, -0.2) is 5.11 Å². The Morgan fingerprint density at radius 2 is 2.00 bits per heavy atom. The van der Waals surface area contributed by atoms with Gasteiger partial charge in [0.05, 0.1) is 5.56 Å². The van der Waals surface area contributed by atoms with Gasteiger partial charge in [0.15, 0.2) is 11.6 Å². The molecule has 0 radical (unpaired) electrons. The number of alkyl halides is 3. The van der Waals surface area contributed by atoms with E-state index in [1.165, 1.54) is 6.08 Å². The first-order valence-corrected chi connectivity index (χ1v) is 4.74. The van der Waals surface area contributed by atoms with Gasteiger partial charge in [0.2, 0.25) is 0 Å². The lowest BCUT2D eigenvalue weighted by Gasteiger charge is -2.18. The van der Waals surface area contributed by atoms with Crippen LogP contribution >= 0.6 is 0 Å². The van der Waals surface area contributed by atoms with Crippen molar-refractivity contribution in [3.05, 3.63) is 41.7 Å². The smallest absolute Gasteiger partial charge is 0.416 e. The SMILES string of the molecule is C=CC[C@@H](N)c1c(C(F)(F)F)ccc(F)c1O. The number of rotatable bonds is 3. The van der Waals surface area contributed by atoms with Crippen molar-refractivity contribution in [3.8, 4) is 5.75 Å². The van der Waals surface area contributed by atoms with E-state index in [9.17, 15) is 22.7 Å². The van der Waals surface area contributed by atoms with Crippen molar-refractivity contribution in [3.63, 3.8) is 0 Å². The van der Waals surface area contributed by atoms with Gasteiger partial charge in [-0.3, -0.25) is 0 Å². The molecular weight excluding hydrogens is 238 g/mol. The number of hydrogen-bond acceptors (Lipinski definition) is 2. The van der Waals surface area contributed by atoms with Crippen molar-refractivity contribution in [1.82, 2.24) is 0 Å². The molecule has 0 heterocycles. The third-order valence-electron chi connectivity index (χ3n) is 2.26. The van der Waals surface area contributed by atoms with E-state index in [0.29, 0.717) is 12.1 Å². The zero-order chi connectivity index (χ0) is 13.2. The standard InChI is InChI=1S/C11H11F4NO/c1-2-3-8(16)9-6(11(13,14)15)4-5-7(12)10(9)17/h2,4-5,8,17H,1,3,16H2/t8-/m1/s1. The highest BCUT2D eigenvalue weighted by Gasteiger charge is 2.36. The molecule has 1 aromatic carbocycles. The van der Waals surface area contributed by atoms with E-state index in [4.69, 9.17) is 5.73 Å². The predicted octanol–water partition coefficient (Wildman–Crippen LogP) is 3.13. The molecule has 0 bridgehead atoms. The molecule has 0 aromatic heterocycles. The van der Waals surface area contributed by atoms with Crippen LogP contribution in [0, 0.1) is 5.82 Å². The second-order valence-corrected chi connectivity index (χ2v) is 3.49. The zero-order valence-electron chi connectivity index (χ0n) is 8.76. The second-order valence-electron chi connectivity index (χ2n) is 3.49. The molecule has 1 atom stereocenters. The Hall–Kier alpha value is -1.56. The fraction of sp³-hybridized carbons (Fsp3) is 0.273. The molecule has 0 aliphatic heterocycles. The molecule has 94 valence electrons. The average Bonchev–Trinajstić information content (AvgIpc) is 2.20. The third-order valence-corrected chi connectivity index (χ3v) is 2.26. The number of phenolic OH excluding ortho intramolecular Hbond substituents is 1. The lowest BCUT2D eigenvalue weighted by atomic mass is 9.96. The molecule has 17 heavy (non-hydrogen) atoms. The summed E-state index contributed by atoms with van der Waals surface area (Å²) in [6.07, 6.45) is -3.39. The molecule has 1 rings (SSSR count). The lowest BCUT2D eigenvalue weighted by molar-refractivity contribution is -0.138. The second kappa shape index (κ2) is 4.75. The monoisotopic (exact) mass is 249 g/mol. The molecule has 0 unspecified atom stereocenters. The molecule has 3 N–H and O–H groups in total. The molecule has 0 saturated heterocycles. The first-order valence-electron chi connectivity index (χ1n) is 4.74. The van der Waals surface area contributed by atoms with Crippen molar-refractivity contribution >= 4 is 0 Å². The number of aromatic hydroxyl groups is 1. The largest absolute Gasteiger partial charge is 0.505 e. The summed E-state index contributed by atoms with van der Waals surface area (Å²) in [5, 5.41) is 9.35. The molecule has 0 aliphatic carbocycles. The van der Waals surface area contributed by atoms with Crippen LogP contribution < -0.4 is 5.73 Å². The maximum atomic E-state index is 13.0. The summed E-state index contributed by atoms with van der Waals surface area (Å²) < 4.78 is 51.0. The van der Waals surface area contributed by atoms with Crippen molar-refractivity contribution < 1.29 is 22.7 Å². The molecule has 0 fully saturated rings. The number of halogens is 4. The third kappa shape index (κ3) is 2.76. The van der Waals surface area contributed by atoms with Gasteiger partial charge in [0.25, 0.3) is 0 Å². The Bertz CT molecular complexity index is 428. The highest BCUT2D eigenvalue weighted by molar-refractivity contribution is 5.44. The summed E-state index contributed by atoms with van der Waals surface area (Å²) in [6, 6.07) is -0.0323. The van der Waals surface area contributed by atoms with Gasteiger partial charge in [-0.05, 0) is 18.6 Å². The average molecular weight is 249 g/mol. The van der Waals surface area contributed by atoms with Crippen molar-refractivity contribution in [2.45, 2.75) is 18.6 Å².